The molecule has 2 rings (SSSR count). The van der Waals surface area contributed by atoms with Gasteiger partial charge in [0.25, 0.3) is 6.43 Å². The average Bonchev–Trinajstić information content (AvgIpc) is 2.35. The second kappa shape index (κ2) is 5.33. The highest BCUT2D eigenvalue weighted by Crippen LogP contribution is 2.20. The first kappa shape index (κ1) is 12.8. The predicted octanol–water partition coefficient (Wildman–Crippen LogP) is 1.16. The van der Waals surface area contributed by atoms with Crippen LogP contribution in [0.5, 0.6) is 5.75 Å². The molecule has 0 unspecified atom stereocenters. The van der Waals surface area contributed by atoms with Crippen LogP contribution in [-0.2, 0) is 0 Å². The first-order valence-electron chi connectivity index (χ1n) is 5.37. The van der Waals surface area contributed by atoms with Crippen molar-refractivity contribution < 1.29 is 23.6 Å². The molecule has 2 aromatic carbocycles. The van der Waals surface area contributed by atoms with Gasteiger partial charge in [0.05, 0.1) is 0 Å². The van der Waals surface area contributed by atoms with Crippen LogP contribution in [0.2, 0.25) is 0 Å². The average molecular weight is 252 g/mol. The Labute approximate surface area is 103 Å². The first-order chi connectivity index (χ1) is 8.56. The van der Waals surface area contributed by atoms with Gasteiger partial charge in [-0.05, 0) is 28.4 Å². The molecule has 0 aromatic heterocycles. The molecule has 2 N–H and O–H groups in total. The third-order valence-electron chi connectivity index (χ3n) is 2.51. The fourth-order valence-electron chi connectivity index (χ4n) is 1.65. The molecule has 0 aliphatic carbocycles. The van der Waals surface area contributed by atoms with Gasteiger partial charge in [0.15, 0.2) is 0 Å². The lowest BCUT2D eigenvalue weighted by Crippen LogP contribution is -2.29. The Hall–Kier alpha value is -1.66. The summed E-state index contributed by atoms with van der Waals surface area (Å²) in [5.41, 5.74) is 0.378. The van der Waals surface area contributed by atoms with Crippen molar-refractivity contribution in [3.05, 3.63) is 36.4 Å². The zero-order chi connectivity index (χ0) is 13.1. The summed E-state index contributed by atoms with van der Waals surface area (Å²) >= 11 is 0. The Morgan fingerprint density at radius 3 is 2.39 bits per heavy atom. The molecule has 2 aromatic rings. The van der Waals surface area contributed by atoms with E-state index in [-0.39, 0.29) is 0 Å². The van der Waals surface area contributed by atoms with E-state index in [4.69, 9.17) is 14.8 Å². The van der Waals surface area contributed by atoms with E-state index in [0.717, 1.165) is 10.8 Å². The number of benzene rings is 2. The molecule has 0 saturated heterocycles. The minimum Gasteiger partial charge on any atom is -0.488 e. The summed E-state index contributed by atoms with van der Waals surface area (Å²) in [4.78, 5) is 0. The van der Waals surface area contributed by atoms with Crippen LogP contribution in [0.25, 0.3) is 10.8 Å². The number of fused-ring (bicyclic) bond motifs is 1. The highest BCUT2D eigenvalue weighted by molar-refractivity contribution is 6.58. The van der Waals surface area contributed by atoms with Crippen LogP contribution in [0.15, 0.2) is 36.4 Å². The molecule has 0 aliphatic rings. The third-order valence-corrected chi connectivity index (χ3v) is 2.51. The molecule has 0 radical (unpaired) electrons. The van der Waals surface area contributed by atoms with Crippen LogP contribution in [0.4, 0.5) is 8.78 Å². The summed E-state index contributed by atoms with van der Waals surface area (Å²) in [6.07, 6.45) is -2.51. The number of ether oxygens (including phenoxy) is 1. The van der Waals surface area contributed by atoms with Crippen molar-refractivity contribution in [1.82, 2.24) is 0 Å². The van der Waals surface area contributed by atoms with Crippen molar-refractivity contribution in [2.75, 3.05) is 6.61 Å². The highest BCUT2D eigenvalue weighted by Gasteiger charge is 2.11. The maximum atomic E-state index is 12.0. The molecule has 0 fully saturated rings. The number of hydrogen-bond acceptors (Lipinski definition) is 3. The Morgan fingerprint density at radius 1 is 1.06 bits per heavy atom. The molecule has 0 amide bonds. The maximum absolute atomic E-state index is 12.0. The van der Waals surface area contributed by atoms with Gasteiger partial charge in [0.1, 0.15) is 12.4 Å². The Bertz CT molecular complexity index is 546. The van der Waals surface area contributed by atoms with Crippen LogP contribution in [-0.4, -0.2) is 30.2 Å². The quantitative estimate of drug-likeness (QED) is 0.803. The number of rotatable bonds is 4. The van der Waals surface area contributed by atoms with Gasteiger partial charge in [0, 0.05) is 0 Å². The van der Waals surface area contributed by atoms with E-state index in [1.54, 1.807) is 36.4 Å². The van der Waals surface area contributed by atoms with Gasteiger partial charge < -0.3 is 14.8 Å². The molecule has 6 heteroatoms. The molecule has 18 heavy (non-hydrogen) atoms. The Morgan fingerprint density at radius 2 is 1.72 bits per heavy atom. The number of hydrogen-bond donors (Lipinski definition) is 2. The van der Waals surface area contributed by atoms with Crippen LogP contribution in [0.1, 0.15) is 0 Å². The molecule has 0 heterocycles. The molecule has 0 aliphatic heterocycles. The van der Waals surface area contributed by atoms with E-state index in [1.807, 2.05) is 0 Å². The smallest absolute Gasteiger partial charge is 0.488 e. The predicted molar refractivity (Wildman–Crippen MR) is 65.3 cm³/mol. The van der Waals surface area contributed by atoms with Gasteiger partial charge in [-0.15, -0.1) is 0 Å². The van der Waals surface area contributed by atoms with Gasteiger partial charge in [-0.2, -0.15) is 0 Å². The second-order valence-corrected chi connectivity index (χ2v) is 3.84. The molecule has 3 nitrogen and oxygen atoms in total. The minimum atomic E-state index is -2.51. The summed E-state index contributed by atoms with van der Waals surface area (Å²) in [6.45, 7) is -0.640. The van der Waals surface area contributed by atoms with Gasteiger partial charge in [0.2, 0.25) is 0 Å². The lowest BCUT2D eigenvalue weighted by Gasteiger charge is -2.07. The van der Waals surface area contributed by atoms with E-state index in [1.165, 1.54) is 0 Å². The van der Waals surface area contributed by atoms with Gasteiger partial charge >= 0.3 is 7.12 Å². The zero-order valence-electron chi connectivity index (χ0n) is 9.38. The Balaban J connectivity index is 2.27. The highest BCUT2D eigenvalue weighted by atomic mass is 19.3. The molecule has 0 atom stereocenters. The fraction of sp³-hybridized carbons (Fsp3) is 0.167. The number of alkyl halides is 2. The molecular formula is C12H11BF2O3. The van der Waals surface area contributed by atoms with Crippen molar-refractivity contribution in [3.8, 4) is 5.75 Å². The zero-order valence-corrected chi connectivity index (χ0v) is 9.38. The van der Waals surface area contributed by atoms with Gasteiger partial charge in [-0.1, -0.05) is 24.3 Å². The molecule has 0 spiro atoms. The molecular weight excluding hydrogens is 241 g/mol. The SMILES string of the molecule is OB(O)c1ccc2cc(OCC(F)F)ccc2c1. The standard InChI is InChI=1S/C12H11BF2O3/c14-12(15)7-18-11-4-2-8-5-10(13(16)17)3-1-9(8)6-11/h1-6,12,16-17H,7H2. The van der Waals surface area contributed by atoms with E-state index in [2.05, 4.69) is 0 Å². The van der Waals surface area contributed by atoms with Gasteiger partial charge in [-0.25, -0.2) is 8.78 Å². The van der Waals surface area contributed by atoms with E-state index in [9.17, 15) is 8.78 Å². The van der Waals surface area contributed by atoms with E-state index >= 15 is 0 Å². The van der Waals surface area contributed by atoms with E-state index in [0.29, 0.717) is 11.2 Å². The second-order valence-electron chi connectivity index (χ2n) is 3.84. The van der Waals surface area contributed by atoms with Crippen molar-refractivity contribution >= 4 is 23.4 Å². The lowest BCUT2D eigenvalue weighted by molar-refractivity contribution is 0.0820. The summed E-state index contributed by atoms with van der Waals surface area (Å²) in [5, 5.41) is 19.6. The normalized spacial score (nSPS) is 10.9. The summed E-state index contributed by atoms with van der Waals surface area (Å²) < 4.78 is 28.9. The van der Waals surface area contributed by atoms with Crippen molar-refractivity contribution in [2.45, 2.75) is 6.43 Å². The largest absolute Gasteiger partial charge is 0.488 e. The summed E-state index contributed by atoms with van der Waals surface area (Å²) in [7, 11) is -1.52. The number of halogens is 2. The van der Waals surface area contributed by atoms with Crippen LogP contribution in [0.3, 0.4) is 0 Å². The monoisotopic (exact) mass is 252 g/mol. The topological polar surface area (TPSA) is 49.7 Å². The van der Waals surface area contributed by atoms with Crippen molar-refractivity contribution in [3.63, 3.8) is 0 Å². The third kappa shape index (κ3) is 2.97. The minimum absolute atomic E-state index is 0.361. The van der Waals surface area contributed by atoms with E-state index < -0.39 is 20.2 Å². The van der Waals surface area contributed by atoms with Crippen LogP contribution < -0.4 is 10.2 Å². The lowest BCUT2D eigenvalue weighted by atomic mass is 9.79. The van der Waals surface area contributed by atoms with Crippen molar-refractivity contribution in [2.24, 2.45) is 0 Å². The molecule has 94 valence electrons. The van der Waals surface area contributed by atoms with Gasteiger partial charge in [-0.3, -0.25) is 0 Å². The van der Waals surface area contributed by atoms with Crippen molar-refractivity contribution in [1.29, 1.82) is 0 Å². The Kier molecular flexibility index (Phi) is 3.79. The fourth-order valence-corrected chi connectivity index (χ4v) is 1.65. The maximum Gasteiger partial charge on any atom is 0.488 e. The first-order valence-corrected chi connectivity index (χ1v) is 5.37. The summed E-state index contributed by atoms with van der Waals surface area (Å²) in [5.74, 6) is 0.361. The van der Waals surface area contributed by atoms with Crippen LogP contribution in [0, 0.1) is 0 Å². The molecule has 0 saturated carbocycles. The molecule has 0 bridgehead atoms. The van der Waals surface area contributed by atoms with Crippen LogP contribution >= 0.6 is 0 Å². The summed E-state index contributed by atoms with van der Waals surface area (Å²) in [6, 6.07) is 9.74.